The number of esters is 1. The van der Waals surface area contributed by atoms with Gasteiger partial charge in [0.2, 0.25) is 0 Å². The van der Waals surface area contributed by atoms with Gasteiger partial charge in [0.25, 0.3) is 0 Å². The monoisotopic (exact) mass is 265 g/mol. The van der Waals surface area contributed by atoms with Crippen LogP contribution in [0.15, 0.2) is 18.2 Å². The molecule has 19 heavy (non-hydrogen) atoms. The van der Waals surface area contributed by atoms with E-state index < -0.39 is 0 Å². The van der Waals surface area contributed by atoms with Crippen molar-refractivity contribution < 1.29 is 14.3 Å². The predicted octanol–water partition coefficient (Wildman–Crippen LogP) is 3.26. The summed E-state index contributed by atoms with van der Waals surface area (Å²) in [4.78, 5) is 11.8. The lowest BCUT2D eigenvalue weighted by atomic mass is 9.93. The summed E-state index contributed by atoms with van der Waals surface area (Å²) >= 11 is 0. The second kappa shape index (κ2) is 6.45. The van der Waals surface area contributed by atoms with E-state index in [9.17, 15) is 4.79 Å². The number of carbonyl (C=O) groups is 1. The van der Waals surface area contributed by atoms with Crippen molar-refractivity contribution in [2.75, 3.05) is 18.9 Å². The van der Waals surface area contributed by atoms with E-state index in [1.807, 2.05) is 0 Å². The molecule has 0 aromatic heterocycles. The number of hydrogen-bond donors (Lipinski definition) is 1. The van der Waals surface area contributed by atoms with E-state index in [-0.39, 0.29) is 11.4 Å². The molecule has 4 heteroatoms. The Balaban J connectivity index is 2.80. The number of hydrogen-bond acceptors (Lipinski definition) is 4. The van der Waals surface area contributed by atoms with Crippen LogP contribution in [0.25, 0.3) is 0 Å². The summed E-state index contributed by atoms with van der Waals surface area (Å²) in [7, 11) is 0. The van der Waals surface area contributed by atoms with E-state index in [2.05, 4.69) is 20.8 Å². The van der Waals surface area contributed by atoms with Gasteiger partial charge >= 0.3 is 5.97 Å². The lowest BCUT2D eigenvalue weighted by Crippen LogP contribution is -2.13. The molecule has 0 aliphatic carbocycles. The van der Waals surface area contributed by atoms with Gasteiger partial charge in [-0.05, 0) is 30.9 Å². The average Bonchev–Trinajstić information content (AvgIpc) is 2.27. The Morgan fingerprint density at radius 3 is 2.58 bits per heavy atom. The highest BCUT2D eigenvalue weighted by molar-refractivity contribution is 5.93. The predicted molar refractivity (Wildman–Crippen MR) is 76.4 cm³/mol. The van der Waals surface area contributed by atoms with Crippen molar-refractivity contribution in [2.45, 2.75) is 34.1 Å². The number of anilines is 1. The first-order valence-electron chi connectivity index (χ1n) is 6.53. The Kier molecular flexibility index (Phi) is 5.21. The molecule has 0 atom stereocenters. The fourth-order valence-electron chi connectivity index (χ4n) is 1.50. The van der Waals surface area contributed by atoms with Gasteiger partial charge in [0.1, 0.15) is 11.3 Å². The lowest BCUT2D eigenvalue weighted by Gasteiger charge is -2.19. The summed E-state index contributed by atoms with van der Waals surface area (Å²) in [5.41, 5.74) is 6.90. The lowest BCUT2D eigenvalue weighted by molar-refractivity contribution is 0.0521. The summed E-state index contributed by atoms with van der Waals surface area (Å²) in [6, 6.07) is 4.97. The molecule has 2 N–H and O–H groups in total. The van der Waals surface area contributed by atoms with Crippen LogP contribution in [-0.2, 0) is 4.74 Å². The van der Waals surface area contributed by atoms with Crippen LogP contribution in [0.3, 0.4) is 0 Å². The molecule has 0 aliphatic rings. The molecule has 0 unspecified atom stereocenters. The number of ether oxygens (including phenoxy) is 2. The van der Waals surface area contributed by atoms with Crippen molar-refractivity contribution in [2.24, 2.45) is 5.41 Å². The fraction of sp³-hybridized carbons (Fsp3) is 0.533. The summed E-state index contributed by atoms with van der Waals surface area (Å²) in [5, 5.41) is 0. The van der Waals surface area contributed by atoms with Gasteiger partial charge in [-0.25, -0.2) is 4.79 Å². The van der Waals surface area contributed by atoms with E-state index in [4.69, 9.17) is 15.2 Å². The molecule has 0 radical (unpaired) electrons. The smallest absolute Gasteiger partial charge is 0.341 e. The van der Waals surface area contributed by atoms with Crippen LogP contribution in [0.5, 0.6) is 5.75 Å². The van der Waals surface area contributed by atoms with Crippen LogP contribution < -0.4 is 10.5 Å². The maximum absolute atomic E-state index is 11.8. The second-order valence-electron chi connectivity index (χ2n) is 5.64. The molecule has 0 aliphatic heterocycles. The van der Waals surface area contributed by atoms with Gasteiger partial charge in [0, 0.05) is 11.8 Å². The van der Waals surface area contributed by atoms with Crippen LogP contribution in [0.4, 0.5) is 5.69 Å². The highest BCUT2D eigenvalue weighted by atomic mass is 16.5. The van der Waals surface area contributed by atoms with E-state index in [0.29, 0.717) is 30.2 Å². The van der Waals surface area contributed by atoms with Gasteiger partial charge in [-0.3, -0.25) is 0 Å². The topological polar surface area (TPSA) is 61.5 Å². The van der Waals surface area contributed by atoms with Crippen LogP contribution in [0, 0.1) is 5.41 Å². The van der Waals surface area contributed by atoms with Crippen molar-refractivity contribution in [3.63, 3.8) is 0 Å². The Morgan fingerprint density at radius 1 is 1.32 bits per heavy atom. The standard InChI is InChI=1S/C15H23NO3/c1-5-18-14(17)12-7-6-11(16)10-13(12)19-9-8-15(2,3)4/h6-7,10H,5,8-9,16H2,1-4H3. The molecular formula is C15H23NO3. The molecule has 1 aromatic rings. The molecule has 0 saturated carbocycles. The van der Waals surface area contributed by atoms with Crippen LogP contribution >= 0.6 is 0 Å². The molecule has 0 bridgehead atoms. The molecule has 106 valence electrons. The molecule has 1 rings (SSSR count). The van der Waals surface area contributed by atoms with Crippen molar-refractivity contribution in [3.8, 4) is 5.75 Å². The second-order valence-corrected chi connectivity index (χ2v) is 5.64. The quantitative estimate of drug-likeness (QED) is 0.655. The minimum atomic E-state index is -0.381. The molecule has 1 aromatic carbocycles. The van der Waals surface area contributed by atoms with Crippen molar-refractivity contribution >= 4 is 11.7 Å². The Labute approximate surface area is 114 Å². The first kappa shape index (κ1) is 15.3. The van der Waals surface area contributed by atoms with Gasteiger partial charge < -0.3 is 15.2 Å². The zero-order chi connectivity index (χ0) is 14.5. The molecule has 0 heterocycles. The highest BCUT2D eigenvalue weighted by Crippen LogP contribution is 2.25. The Hall–Kier alpha value is -1.71. The molecular weight excluding hydrogens is 242 g/mol. The van der Waals surface area contributed by atoms with E-state index in [1.165, 1.54) is 0 Å². The minimum absolute atomic E-state index is 0.185. The van der Waals surface area contributed by atoms with Crippen LogP contribution in [0.1, 0.15) is 44.5 Å². The number of nitrogen functional groups attached to an aromatic ring is 1. The summed E-state index contributed by atoms with van der Waals surface area (Å²) in [6.45, 7) is 9.07. The van der Waals surface area contributed by atoms with E-state index in [0.717, 1.165) is 6.42 Å². The first-order valence-corrected chi connectivity index (χ1v) is 6.53. The van der Waals surface area contributed by atoms with E-state index >= 15 is 0 Å². The largest absolute Gasteiger partial charge is 0.493 e. The van der Waals surface area contributed by atoms with E-state index in [1.54, 1.807) is 25.1 Å². The molecule has 0 fully saturated rings. The zero-order valence-corrected chi connectivity index (χ0v) is 12.2. The third-order valence-corrected chi connectivity index (χ3v) is 2.61. The van der Waals surface area contributed by atoms with Crippen molar-refractivity contribution in [1.82, 2.24) is 0 Å². The van der Waals surface area contributed by atoms with Crippen molar-refractivity contribution in [1.29, 1.82) is 0 Å². The van der Waals surface area contributed by atoms with Crippen LogP contribution in [-0.4, -0.2) is 19.2 Å². The SMILES string of the molecule is CCOC(=O)c1ccc(N)cc1OCCC(C)(C)C. The Morgan fingerprint density at radius 2 is 2.00 bits per heavy atom. The molecule has 4 nitrogen and oxygen atoms in total. The molecule has 0 amide bonds. The Bertz CT molecular complexity index is 436. The highest BCUT2D eigenvalue weighted by Gasteiger charge is 2.15. The third kappa shape index (κ3) is 5.20. The molecule has 0 spiro atoms. The van der Waals surface area contributed by atoms with Gasteiger partial charge in [-0.1, -0.05) is 20.8 Å². The first-order chi connectivity index (χ1) is 8.83. The average molecular weight is 265 g/mol. The van der Waals surface area contributed by atoms with Gasteiger partial charge in [-0.2, -0.15) is 0 Å². The molecule has 0 saturated heterocycles. The minimum Gasteiger partial charge on any atom is -0.493 e. The fourth-order valence-corrected chi connectivity index (χ4v) is 1.50. The maximum Gasteiger partial charge on any atom is 0.341 e. The van der Waals surface area contributed by atoms with Gasteiger partial charge in [0.15, 0.2) is 0 Å². The number of nitrogens with two attached hydrogens (primary N) is 1. The zero-order valence-electron chi connectivity index (χ0n) is 12.2. The van der Waals surface area contributed by atoms with Crippen LogP contribution in [0.2, 0.25) is 0 Å². The number of rotatable bonds is 5. The van der Waals surface area contributed by atoms with Gasteiger partial charge in [0.05, 0.1) is 13.2 Å². The number of benzene rings is 1. The summed E-state index contributed by atoms with van der Waals surface area (Å²) in [6.07, 6.45) is 0.893. The maximum atomic E-state index is 11.8. The third-order valence-electron chi connectivity index (χ3n) is 2.61. The van der Waals surface area contributed by atoms with Gasteiger partial charge in [-0.15, -0.1) is 0 Å². The normalized spacial score (nSPS) is 11.2. The summed E-state index contributed by atoms with van der Waals surface area (Å²) < 4.78 is 10.7. The van der Waals surface area contributed by atoms with Crippen molar-refractivity contribution in [3.05, 3.63) is 23.8 Å². The number of carbonyl (C=O) groups excluding carboxylic acids is 1. The summed E-state index contributed by atoms with van der Waals surface area (Å²) in [5.74, 6) is 0.107.